The zero-order valence-electron chi connectivity index (χ0n) is 16.6. The van der Waals surface area contributed by atoms with Crippen molar-refractivity contribution in [3.63, 3.8) is 0 Å². The maximum Gasteiger partial charge on any atom is 0.338 e. The number of methoxy groups -OCH3 is 1. The third kappa shape index (κ3) is 5.20. The standard InChI is InChI=1S/C22H24N2O5/c1-3-28-14-18-13-17(9-10-20(18)27-2)22(26)29-15-21(25)24-12-11-19(23-24)16-7-5-4-6-8-16/h4-10,13H,3,11-12,14-15H2,1-2H3. The van der Waals surface area contributed by atoms with Gasteiger partial charge in [-0.2, -0.15) is 5.10 Å². The SMILES string of the molecule is CCOCc1cc(C(=O)OCC(=O)N2CCC(c3ccccc3)=N2)ccc1OC. The van der Waals surface area contributed by atoms with Crippen LogP contribution in [0.2, 0.25) is 0 Å². The quantitative estimate of drug-likeness (QED) is 0.641. The second-order valence-corrected chi connectivity index (χ2v) is 6.42. The number of hydrogen-bond donors (Lipinski definition) is 0. The first-order valence-corrected chi connectivity index (χ1v) is 9.47. The Kier molecular flexibility index (Phi) is 6.97. The predicted molar refractivity (Wildman–Crippen MR) is 108 cm³/mol. The van der Waals surface area contributed by atoms with Crippen molar-refractivity contribution in [2.45, 2.75) is 20.0 Å². The summed E-state index contributed by atoms with van der Waals surface area (Å²) in [5.41, 5.74) is 2.91. The lowest BCUT2D eigenvalue weighted by Crippen LogP contribution is -2.28. The van der Waals surface area contributed by atoms with E-state index in [1.54, 1.807) is 25.3 Å². The van der Waals surface area contributed by atoms with Crippen molar-refractivity contribution in [1.29, 1.82) is 0 Å². The van der Waals surface area contributed by atoms with Crippen LogP contribution in [0.5, 0.6) is 5.75 Å². The first kappa shape index (κ1) is 20.5. The van der Waals surface area contributed by atoms with Gasteiger partial charge in [-0.05, 0) is 30.7 Å². The van der Waals surface area contributed by atoms with Gasteiger partial charge >= 0.3 is 5.97 Å². The van der Waals surface area contributed by atoms with Crippen LogP contribution in [0.15, 0.2) is 53.6 Å². The van der Waals surface area contributed by atoms with Crippen LogP contribution in [-0.4, -0.2) is 49.5 Å². The summed E-state index contributed by atoms with van der Waals surface area (Å²) in [6.45, 7) is 2.87. The van der Waals surface area contributed by atoms with E-state index in [0.29, 0.717) is 37.5 Å². The summed E-state index contributed by atoms with van der Waals surface area (Å²) >= 11 is 0. The second-order valence-electron chi connectivity index (χ2n) is 6.42. The van der Waals surface area contributed by atoms with E-state index in [0.717, 1.165) is 16.8 Å². The lowest BCUT2D eigenvalue weighted by Gasteiger charge is -2.13. The van der Waals surface area contributed by atoms with Crippen molar-refractivity contribution >= 4 is 17.6 Å². The molecule has 7 heteroatoms. The van der Waals surface area contributed by atoms with E-state index in [2.05, 4.69) is 5.10 Å². The maximum absolute atomic E-state index is 12.4. The fourth-order valence-electron chi connectivity index (χ4n) is 2.99. The molecule has 0 bridgehead atoms. The van der Waals surface area contributed by atoms with Gasteiger partial charge in [0.15, 0.2) is 6.61 Å². The molecule has 1 amide bonds. The Bertz CT molecular complexity index is 895. The number of amides is 1. The summed E-state index contributed by atoms with van der Waals surface area (Å²) in [4.78, 5) is 24.7. The number of hydrazone groups is 1. The minimum atomic E-state index is -0.579. The molecular formula is C22H24N2O5. The topological polar surface area (TPSA) is 77.4 Å². The van der Waals surface area contributed by atoms with Gasteiger partial charge in [0.2, 0.25) is 0 Å². The van der Waals surface area contributed by atoms with Crippen molar-refractivity contribution in [3.8, 4) is 5.75 Å². The van der Waals surface area contributed by atoms with Gasteiger partial charge < -0.3 is 14.2 Å². The van der Waals surface area contributed by atoms with Crippen LogP contribution in [-0.2, 0) is 20.9 Å². The number of hydrogen-bond acceptors (Lipinski definition) is 6. The molecule has 152 valence electrons. The van der Waals surface area contributed by atoms with E-state index in [9.17, 15) is 9.59 Å². The Morgan fingerprint density at radius 1 is 1.14 bits per heavy atom. The van der Waals surface area contributed by atoms with Gasteiger partial charge in [0.05, 0.1) is 31.5 Å². The molecule has 2 aromatic carbocycles. The first-order chi connectivity index (χ1) is 14.1. The van der Waals surface area contributed by atoms with Crippen molar-refractivity contribution in [3.05, 3.63) is 65.2 Å². The number of rotatable bonds is 8. The molecule has 0 aromatic heterocycles. The van der Waals surface area contributed by atoms with Crippen LogP contribution in [0.25, 0.3) is 0 Å². The van der Waals surface area contributed by atoms with Gasteiger partial charge in [-0.1, -0.05) is 30.3 Å². The number of nitrogens with zero attached hydrogens (tertiary/aromatic N) is 2. The fraction of sp³-hybridized carbons (Fsp3) is 0.318. The molecular weight excluding hydrogens is 372 g/mol. The molecule has 1 heterocycles. The second kappa shape index (κ2) is 9.84. The van der Waals surface area contributed by atoms with E-state index in [1.807, 2.05) is 37.3 Å². The summed E-state index contributed by atoms with van der Waals surface area (Å²) < 4.78 is 15.9. The Labute approximate surface area is 169 Å². The van der Waals surface area contributed by atoms with E-state index in [1.165, 1.54) is 5.01 Å². The fourth-order valence-corrected chi connectivity index (χ4v) is 2.99. The van der Waals surface area contributed by atoms with Crippen LogP contribution in [0.4, 0.5) is 0 Å². The number of benzene rings is 2. The third-order valence-electron chi connectivity index (χ3n) is 4.50. The van der Waals surface area contributed by atoms with Gasteiger partial charge in [0.25, 0.3) is 5.91 Å². The monoisotopic (exact) mass is 396 g/mol. The molecule has 1 aliphatic rings. The summed E-state index contributed by atoms with van der Waals surface area (Å²) in [5.74, 6) is -0.302. The number of ether oxygens (including phenoxy) is 3. The summed E-state index contributed by atoms with van der Waals surface area (Å²) in [6.07, 6.45) is 0.670. The highest BCUT2D eigenvalue weighted by molar-refractivity contribution is 6.02. The third-order valence-corrected chi connectivity index (χ3v) is 4.50. The Morgan fingerprint density at radius 3 is 2.66 bits per heavy atom. The van der Waals surface area contributed by atoms with Crippen LogP contribution in [0.1, 0.15) is 34.8 Å². The van der Waals surface area contributed by atoms with Crippen LogP contribution in [0, 0.1) is 0 Å². The lowest BCUT2D eigenvalue weighted by molar-refractivity contribution is -0.134. The smallest absolute Gasteiger partial charge is 0.338 e. The number of carbonyl (C=O) groups excluding carboxylic acids is 2. The molecule has 0 atom stereocenters. The molecule has 3 rings (SSSR count). The van der Waals surface area contributed by atoms with E-state index in [4.69, 9.17) is 14.2 Å². The Balaban J connectivity index is 1.59. The molecule has 0 saturated heterocycles. The van der Waals surface area contributed by atoms with Crippen LogP contribution in [0.3, 0.4) is 0 Å². The van der Waals surface area contributed by atoms with Gasteiger partial charge in [0, 0.05) is 18.6 Å². The van der Waals surface area contributed by atoms with Crippen LogP contribution < -0.4 is 4.74 Å². The van der Waals surface area contributed by atoms with E-state index in [-0.39, 0.29) is 12.5 Å². The molecule has 0 radical (unpaired) electrons. The zero-order chi connectivity index (χ0) is 20.6. The van der Waals surface area contributed by atoms with Crippen molar-refractivity contribution < 1.29 is 23.8 Å². The van der Waals surface area contributed by atoms with Gasteiger partial charge in [-0.25, -0.2) is 9.80 Å². The Morgan fingerprint density at radius 2 is 1.93 bits per heavy atom. The van der Waals surface area contributed by atoms with Gasteiger partial charge in [0.1, 0.15) is 5.75 Å². The highest BCUT2D eigenvalue weighted by Gasteiger charge is 2.23. The molecule has 0 unspecified atom stereocenters. The first-order valence-electron chi connectivity index (χ1n) is 9.47. The van der Waals surface area contributed by atoms with Gasteiger partial charge in [-0.15, -0.1) is 0 Å². The van der Waals surface area contributed by atoms with E-state index < -0.39 is 5.97 Å². The largest absolute Gasteiger partial charge is 0.496 e. The highest BCUT2D eigenvalue weighted by Crippen LogP contribution is 2.21. The highest BCUT2D eigenvalue weighted by atomic mass is 16.5. The molecule has 1 aliphatic heterocycles. The predicted octanol–water partition coefficient (Wildman–Crippen LogP) is 3.03. The summed E-state index contributed by atoms with van der Waals surface area (Å²) in [7, 11) is 1.56. The molecule has 2 aromatic rings. The van der Waals surface area contributed by atoms with Crippen molar-refractivity contribution in [2.24, 2.45) is 5.10 Å². The van der Waals surface area contributed by atoms with Crippen molar-refractivity contribution in [2.75, 3.05) is 26.9 Å². The average Bonchev–Trinajstić information content (AvgIpc) is 3.26. The lowest BCUT2D eigenvalue weighted by atomic mass is 10.1. The maximum atomic E-state index is 12.4. The molecule has 0 spiro atoms. The van der Waals surface area contributed by atoms with E-state index >= 15 is 0 Å². The molecule has 7 nitrogen and oxygen atoms in total. The molecule has 0 aliphatic carbocycles. The Hall–Kier alpha value is -3.19. The number of esters is 1. The summed E-state index contributed by atoms with van der Waals surface area (Å²) in [5, 5.41) is 5.71. The molecule has 0 saturated carbocycles. The average molecular weight is 396 g/mol. The minimum Gasteiger partial charge on any atom is -0.496 e. The minimum absolute atomic E-state index is 0.324. The molecule has 0 fully saturated rings. The van der Waals surface area contributed by atoms with Crippen molar-refractivity contribution in [1.82, 2.24) is 5.01 Å². The van der Waals surface area contributed by atoms with Gasteiger partial charge in [-0.3, -0.25) is 4.79 Å². The molecule has 29 heavy (non-hydrogen) atoms. The normalized spacial score (nSPS) is 13.2. The zero-order valence-corrected chi connectivity index (χ0v) is 16.6. The van der Waals surface area contributed by atoms with Crippen LogP contribution >= 0.6 is 0 Å². The number of carbonyl (C=O) groups is 2. The summed E-state index contributed by atoms with van der Waals surface area (Å²) in [6, 6.07) is 14.6. The molecule has 0 N–H and O–H groups in total.